The molecule has 1 saturated heterocycles. The molecule has 19 heavy (non-hydrogen) atoms. The lowest BCUT2D eigenvalue weighted by molar-refractivity contribution is 0.0538. The summed E-state index contributed by atoms with van der Waals surface area (Å²) >= 11 is 5.95. The number of benzene rings is 1. The molecule has 1 fully saturated rings. The molecular formula is C16H24ClNO. The summed E-state index contributed by atoms with van der Waals surface area (Å²) in [5, 5.41) is 4.53. The highest BCUT2D eigenvalue weighted by atomic mass is 35.5. The largest absolute Gasteiger partial charge is 0.381 e. The fraction of sp³-hybridized carbons (Fsp3) is 0.625. The third-order valence-corrected chi connectivity index (χ3v) is 4.11. The van der Waals surface area contributed by atoms with E-state index in [1.54, 1.807) is 0 Å². The highest BCUT2D eigenvalue weighted by Gasteiger charge is 2.23. The molecule has 3 heteroatoms. The molecule has 1 aromatic carbocycles. The number of halogens is 1. The number of ether oxygens (including phenoxy) is 1. The van der Waals surface area contributed by atoms with E-state index in [-0.39, 0.29) is 0 Å². The summed E-state index contributed by atoms with van der Waals surface area (Å²) in [5.74, 6) is 0.732. The van der Waals surface area contributed by atoms with Crippen molar-refractivity contribution in [2.45, 2.75) is 38.6 Å². The van der Waals surface area contributed by atoms with Crippen molar-refractivity contribution in [3.05, 3.63) is 34.9 Å². The van der Waals surface area contributed by atoms with Crippen LogP contribution in [0, 0.1) is 5.92 Å². The molecule has 2 rings (SSSR count). The highest BCUT2D eigenvalue weighted by molar-refractivity contribution is 6.30. The molecule has 0 radical (unpaired) electrons. The van der Waals surface area contributed by atoms with Crippen LogP contribution < -0.4 is 5.32 Å². The van der Waals surface area contributed by atoms with E-state index in [9.17, 15) is 0 Å². The van der Waals surface area contributed by atoms with Crippen LogP contribution in [-0.2, 0) is 11.2 Å². The maximum atomic E-state index is 5.95. The Kier molecular flexibility index (Phi) is 6.15. The van der Waals surface area contributed by atoms with Gasteiger partial charge in [-0.15, -0.1) is 0 Å². The third kappa shape index (κ3) is 4.79. The molecule has 1 heterocycles. The van der Waals surface area contributed by atoms with E-state index in [1.807, 2.05) is 12.1 Å². The Bertz CT molecular complexity index is 360. The molecule has 0 aromatic heterocycles. The number of rotatable bonds is 6. The van der Waals surface area contributed by atoms with Crippen molar-refractivity contribution >= 4 is 11.6 Å². The Morgan fingerprint density at radius 2 is 1.95 bits per heavy atom. The highest BCUT2D eigenvalue weighted by Crippen LogP contribution is 2.22. The third-order valence-electron chi connectivity index (χ3n) is 3.86. The summed E-state index contributed by atoms with van der Waals surface area (Å²) in [6, 6.07) is 8.81. The van der Waals surface area contributed by atoms with E-state index in [4.69, 9.17) is 16.3 Å². The zero-order chi connectivity index (χ0) is 13.5. The van der Waals surface area contributed by atoms with E-state index in [2.05, 4.69) is 24.4 Å². The van der Waals surface area contributed by atoms with Gasteiger partial charge in [0.15, 0.2) is 0 Å². The molecule has 1 aliphatic heterocycles. The minimum absolute atomic E-state index is 0.560. The lowest BCUT2D eigenvalue weighted by Crippen LogP contribution is -2.41. The minimum atomic E-state index is 0.560. The van der Waals surface area contributed by atoms with Gasteiger partial charge in [-0.3, -0.25) is 0 Å². The standard InChI is InChI=1S/C16H24ClNO/c1-2-9-18-16(14-7-10-19-11-8-14)12-13-3-5-15(17)6-4-13/h3-6,14,16,18H,2,7-12H2,1H3. The van der Waals surface area contributed by atoms with Crippen molar-refractivity contribution in [1.29, 1.82) is 0 Å². The Labute approximate surface area is 121 Å². The van der Waals surface area contributed by atoms with Crippen molar-refractivity contribution in [3.63, 3.8) is 0 Å². The molecule has 0 amide bonds. The maximum Gasteiger partial charge on any atom is 0.0469 e. The zero-order valence-electron chi connectivity index (χ0n) is 11.7. The lowest BCUT2D eigenvalue weighted by Gasteiger charge is -2.31. The molecule has 106 valence electrons. The van der Waals surface area contributed by atoms with Crippen molar-refractivity contribution in [3.8, 4) is 0 Å². The van der Waals surface area contributed by atoms with Gasteiger partial charge in [-0.25, -0.2) is 0 Å². The first-order valence-electron chi connectivity index (χ1n) is 7.35. The Morgan fingerprint density at radius 1 is 1.26 bits per heavy atom. The van der Waals surface area contributed by atoms with Crippen LogP contribution in [0.1, 0.15) is 31.7 Å². The van der Waals surface area contributed by atoms with Gasteiger partial charge in [0.1, 0.15) is 0 Å². The number of hydrogen-bond acceptors (Lipinski definition) is 2. The second-order valence-electron chi connectivity index (χ2n) is 5.34. The van der Waals surface area contributed by atoms with Crippen molar-refractivity contribution in [1.82, 2.24) is 5.32 Å². The van der Waals surface area contributed by atoms with Gasteiger partial charge < -0.3 is 10.1 Å². The zero-order valence-corrected chi connectivity index (χ0v) is 12.5. The SMILES string of the molecule is CCCNC(Cc1ccc(Cl)cc1)C1CCOCC1. The van der Waals surface area contributed by atoms with Gasteiger partial charge in [0, 0.05) is 24.3 Å². The van der Waals surface area contributed by atoms with Gasteiger partial charge in [0.05, 0.1) is 0 Å². The molecule has 1 aromatic rings. The summed E-state index contributed by atoms with van der Waals surface area (Å²) < 4.78 is 5.48. The monoisotopic (exact) mass is 281 g/mol. The van der Waals surface area contributed by atoms with Crippen molar-refractivity contribution < 1.29 is 4.74 Å². The van der Waals surface area contributed by atoms with Gasteiger partial charge >= 0.3 is 0 Å². The Balaban J connectivity index is 1.97. The molecule has 1 N–H and O–H groups in total. The first-order chi connectivity index (χ1) is 9.29. The maximum absolute atomic E-state index is 5.95. The van der Waals surface area contributed by atoms with E-state index in [1.165, 1.54) is 24.8 Å². The second kappa shape index (κ2) is 7.88. The van der Waals surface area contributed by atoms with Gasteiger partial charge in [-0.1, -0.05) is 30.7 Å². The summed E-state index contributed by atoms with van der Waals surface area (Å²) in [7, 11) is 0. The first-order valence-corrected chi connectivity index (χ1v) is 7.73. The normalized spacial score (nSPS) is 18.4. The molecule has 2 nitrogen and oxygen atoms in total. The van der Waals surface area contributed by atoms with E-state index >= 15 is 0 Å². The fourth-order valence-corrected chi connectivity index (χ4v) is 2.85. The van der Waals surface area contributed by atoms with Gasteiger partial charge in [-0.2, -0.15) is 0 Å². The smallest absolute Gasteiger partial charge is 0.0469 e. The fourth-order valence-electron chi connectivity index (χ4n) is 2.73. The minimum Gasteiger partial charge on any atom is -0.381 e. The topological polar surface area (TPSA) is 21.3 Å². The van der Waals surface area contributed by atoms with Gasteiger partial charge in [-0.05, 0) is 55.8 Å². The van der Waals surface area contributed by atoms with Crippen LogP contribution in [0.5, 0.6) is 0 Å². The molecule has 0 saturated carbocycles. The van der Waals surface area contributed by atoms with Crippen LogP contribution in [0.3, 0.4) is 0 Å². The molecule has 0 bridgehead atoms. The molecule has 1 unspecified atom stereocenters. The van der Waals surface area contributed by atoms with Crippen LogP contribution in [0.4, 0.5) is 0 Å². The summed E-state index contributed by atoms with van der Waals surface area (Å²) in [6.07, 6.45) is 4.62. The summed E-state index contributed by atoms with van der Waals surface area (Å²) in [4.78, 5) is 0. The molecule has 0 aliphatic carbocycles. The van der Waals surface area contributed by atoms with E-state index in [0.717, 1.165) is 37.1 Å². The molecular weight excluding hydrogens is 258 g/mol. The molecule has 1 aliphatic rings. The van der Waals surface area contributed by atoms with Crippen LogP contribution >= 0.6 is 11.6 Å². The Morgan fingerprint density at radius 3 is 2.58 bits per heavy atom. The second-order valence-corrected chi connectivity index (χ2v) is 5.78. The average Bonchev–Trinajstić information content (AvgIpc) is 2.46. The van der Waals surface area contributed by atoms with Gasteiger partial charge in [0.25, 0.3) is 0 Å². The quantitative estimate of drug-likeness (QED) is 0.859. The van der Waals surface area contributed by atoms with Crippen LogP contribution in [-0.4, -0.2) is 25.8 Å². The average molecular weight is 282 g/mol. The predicted octanol–water partition coefficient (Wildman–Crippen LogP) is 3.68. The molecule has 1 atom stereocenters. The van der Waals surface area contributed by atoms with Crippen LogP contribution in [0.15, 0.2) is 24.3 Å². The summed E-state index contributed by atoms with van der Waals surface area (Å²) in [5.41, 5.74) is 1.37. The van der Waals surface area contributed by atoms with E-state index < -0.39 is 0 Å². The number of nitrogens with one attached hydrogen (secondary N) is 1. The van der Waals surface area contributed by atoms with Crippen molar-refractivity contribution in [2.24, 2.45) is 5.92 Å². The van der Waals surface area contributed by atoms with E-state index in [0.29, 0.717) is 6.04 Å². The first kappa shape index (κ1) is 14.8. The molecule has 0 spiro atoms. The summed E-state index contributed by atoms with van der Waals surface area (Å²) in [6.45, 7) is 5.14. The van der Waals surface area contributed by atoms with Crippen molar-refractivity contribution in [2.75, 3.05) is 19.8 Å². The number of hydrogen-bond donors (Lipinski definition) is 1. The lowest BCUT2D eigenvalue weighted by atomic mass is 9.87. The van der Waals surface area contributed by atoms with Gasteiger partial charge in [0.2, 0.25) is 0 Å². The predicted molar refractivity (Wildman–Crippen MR) is 80.8 cm³/mol. The Hall–Kier alpha value is -0.570. The van der Waals surface area contributed by atoms with Crippen LogP contribution in [0.2, 0.25) is 5.02 Å². The van der Waals surface area contributed by atoms with Crippen LogP contribution in [0.25, 0.3) is 0 Å².